The summed E-state index contributed by atoms with van der Waals surface area (Å²) in [6, 6.07) is 0. The maximum Gasteiger partial charge on any atom is 0.306 e. The first-order valence-corrected chi connectivity index (χ1v) is 31.7. The van der Waals surface area contributed by atoms with Crippen LogP contribution in [0.25, 0.3) is 0 Å². The fraction of sp³-hybridized carbons (Fsp3) is 0.725. The van der Waals surface area contributed by atoms with Crippen molar-refractivity contribution in [3.05, 3.63) is 97.2 Å². The van der Waals surface area contributed by atoms with Crippen LogP contribution in [0, 0.1) is 0 Å². The van der Waals surface area contributed by atoms with Crippen molar-refractivity contribution in [1.82, 2.24) is 0 Å². The van der Waals surface area contributed by atoms with E-state index in [0.29, 0.717) is 19.3 Å². The molecular formula is C69H118O6. The Morgan fingerprint density at radius 3 is 0.773 bits per heavy atom. The van der Waals surface area contributed by atoms with Crippen LogP contribution in [0.15, 0.2) is 97.2 Å². The van der Waals surface area contributed by atoms with Gasteiger partial charge in [-0.1, -0.05) is 253 Å². The molecule has 0 saturated heterocycles. The summed E-state index contributed by atoms with van der Waals surface area (Å²) in [4.78, 5) is 38.3. The van der Waals surface area contributed by atoms with E-state index in [1.807, 2.05) is 0 Å². The number of rotatable bonds is 57. The van der Waals surface area contributed by atoms with Crippen molar-refractivity contribution in [2.24, 2.45) is 0 Å². The predicted octanol–water partition coefficient (Wildman–Crippen LogP) is 21.7. The van der Waals surface area contributed by atoms with Gasteiger partial charge in [0.1, 0.15) is 13.2 Å². The smallest absolute Gasteiger partial charge is 0.306 e. The second kappa shape index (κ2) is 62.9. The maximum absolute atomic E-state index is 12.9. The van der Waals surface area contributed by atoms with E-state index in [9.17, 15) is 14.4 Å². The van der Waals surface area contributed by atoms with E-state index in [0.717, 1.165) is 116 Å². The van der Waals surface area contributed by atoms with Gasteiger partial charge in [0, 0.05) is 19.3 Å². The topological polar surface area (TPSA) is 78.9 Å². The zero-order valence-corrected chi connectivity index (χ0v) is 49.3. The second-order valence-corrected chi connectivity index (χ2v) is 21.0. The van der Waals surface area contributed by atoms with Crippen molar-refractivity contribution in [3.8, 4) is 0 Å². The zero-order valence-electron chi connectivity index (χ0n) is 49.3. The summed E-state index contributed by atoms with van der Waals surface area (Å²) in [7, 11) is 0. The number of ether oxygens (including phenoxy) is 3. The number of carbonyl (C=O) groups excluding carboxylic acids is 3. The average molecular weight is 1040 g/mol. The molecule has 1 atom stereocenters. The van der Waals surface area contributed by atoms with Gasteiger partial charge >= 0.3 is 17.9 Å². The molecule has 6 heteroatoms. The SMILES string of the molecule is CCCCC/C=C\C/C=C\C/C=C\CCCCCCCCC(=O)OC(COC(=O)CCCCCCCC/C=C\C/C=C\C/C=C\CCCCCCC)COC(=O)CCCCCCCCC/C=C\C/C=C\CCCCC. The van der Waals surface area contributed by atoms with Crippen molar-refractivity contribution in [1.29, 1.82) is 0 Å². The number of hydrogen-bond donors (Lipinski definition) is 0. The molecule has 0 aliphatic carbocycles. The van der Waals surface area contributed by atoms with Gasteiger partial charge < -0.3 is 14.2 Å². The van der Waals surface area contributed by atoms with Crippen LogP contribution in [0.2, 0.25) is 0 Å². The summed E-state index contributed by atoms with van der Waals surface area (Å²) in [5, 5.41) is 0. The van der Waals surface area contributed by atoms with E-state index in [1.54, 1.807) is 0 Å². The van der Waals surface area contributed by atoms with Crippen LogP contribution in [0.1, 0.15) is 303 Å². The summed E-state index contributed by atoms with van der Waals surface area (Å²) < 4.78 is 16.9. The molecule has 430 valence electrons. The molecule has 0 aromatic heterocycles. The van der Waals surface area contributed by atoms with Crippen LogP contribution in [0.5, 0.6) is 0 Å². The molecule has 6 nitrogen and oxygen atoms in total. The minimum atomic E-state index is -0.796. The zero-order chi connectivity index (χ0) is 54.3. The first-order valence-electron chi connectivity index (χ1n) is 31.7. The van der Waals surface area contributed by atoms with Crippen LogP contribution in [-0.2, 0) is 28.6 Å². The third kappa shape index (κ3) is 61.1. The lowest BCUT2D eigenvalue weighted by Gasteiger charge is -2.18. The molecule has 0 aliphatic rings. The Hall–Kier alpha value is -3.67. The third-order valence-corrected chi connectivity index (χ3v) is 13.5. The molecule has 1 unspecified atom stereocenters. The first-order chi connectivity index (χ1) is 37.0. The Kier molecular flexibility index (Phi) is 59.8. The monoisotopic (exact) mass is 1040 g/mol. The molecule has 0 heterocycles. The Bertz CT molecular complexity index is 1480. The predicted molar refractivity (Wildman–Crippen MR) is 325 cm³/mol. The van der Waals surface area contributed by atoms with Gasteiger partial charge in [0.25, 0.3) is 0 Å². The maximum atomic E-state index is 12.9. The minimum absolute atomic E-state index is 0.0916. The lowest BCUT2D eigenvalue weighted by molar-refractivity contribution is -0.167. The molecule has 0 spiro atoms. The molecule has 0 saturated carbocycles. The minimum Gasteiger partial charge on any atom is -0.462 e. The highest BCUT2D eigenvalue weighted by Gasteiger charge is 2.19. The van der Waals surface area contributed by atoms with Crippen LogP contribution >= 0.6 is 0 Å². The lowest BCUT2D eigenvalue weighted by atomic mass is 10.1. The largest absolute Gasteiger partial charge is 0.462 e. The highest BCUT2D eigenvalue weighted by molar-refractivity contribution is 5.71. The third-order valence-electron chi connectivity index (χ3n) is 13.5. The van der Waals surface area contributed by atoms with Crippen LogP contribution in [0.3, 0.4) is 0 Å². The van der Waals surface area contributed by atoms with Crippen LogP contribution in [0.4, 0.5) is 0 Å². The summed E-state index contributed by atoms with van der Waals surface area (Å²) in [6.45, 7) is 6.57. The number of esters is 3. The number of unbranched alkanes of at least 4 members (excludes halogenated alkanes) is 30. The van der Waals surface area contributed by atoms with Gasteiger partial charge in [0.05, 0.1) is 0 Å². The Morgan fingerprint density at radius 1 is 0.267 bits per heavy atom. The van der Waals surface area contributed by atoms with Crippen molar-refractivity contribution >= 4 is 17.9 Å². The number of allylic oxidation sites excluding steroid dienone is 16. The number of hydrogen-bond acceptors (Lipinski definition) is 6. The molecule has 0 radical (unpaired) electrons. The molecule has 0 fully saturated rings. The molecule has 0 N–H and O–H groups in total. The molecule has 0 aromatic carbocycles. The number of carbonyl (C=O) groups is 3. The van der Waals surface area contributed by atoms with E-state index in [1.165, 1.54) is 148 Å². The van der Waals surface area contributed by atoms with E-state index in [2.05, 4.69) is 118 Å². The van der Waals surface area contributed by atoms with E-state index in [4.69, 9.17) is 14.2 Å². The van der Waals surface area contributed by atoms with Gasteiger partial charge in [-0.3, -0.25) is 14.4 Å². The van der Waals surface area contributed by atoms with E-state index in [-0.39, 0.29) is 31.1 Å². The molecule has 0 rings (SSSR count). The lowest BCUT2D eigenvalue weighted by Crippen LogP contribution is -2.30. The van der Waals surface area contributed by atoms with Gasteiger partial charge in [0.2, 0.25) is 0 Å². The van der Waals surface area contributed by atoms with Gasteiger partial charge in [-0.05, 0) is 128 Å². The van der Waals surface area contributed by atoms with Crippen molar-refractivity contribution in [2.75, 3.05) is 13.2 Å². The molecule has 0 amide bonds. The van der Waals surface area contributed by atoms with Crippen LogP contribution < -0.4 is 0 Å². The molecule has 75 heavy (non-hydrogen) atoms. The standard InChI is InChI=1S/C69H118O6/c1-4-7-10-13-16-19-22-25-28-31-33-34-36-38-41-44-47-50-53-56-59-62-68(71)74-65-66(64-73-67(70)61-58-55-52-49-46-43-40-37-30-27-24-21-18-15-12-9-6-3)75-69(72)63-60-57-54-51-48-45-42-39-35-32-29-26-23-20-17-14-11-8-5-2/h17-18,20-22,25-27,29-31,33,35-36,38-39,66H,4-16,19,23-24,28,32,34,37,40-65H2,1-3H3/b20-17-,21-18-,25-22-,29-26-,30-27-,33-31-,38-36-,39-35-. The highest BCUT2D eigenvalue weighted by atomic mass is 16.6. The van der Waals surface area contributed by atoms with Gasteiger partial charge in [0.15, 0.2) is 6.10 Å². The van der Waals surface area contributed by atoms with E-state index < -0.39 is 6.10 Å². The fourth-order valence-electron chi connectivity index (χ4n) is 8.72. The van der Waals surface area contributed by atoms with Crippen molar-refractivity contribution in [3.63, 3.8) is 0 Å². The van der Waals surface area contributed by atoms with Crippen molar-refractivity contribution in [2.45, 2.75) is 309 Å². The summed E-state index contributed by atoms with van der Waals surface area (Å²) in [5.41, 5.74) is 0. The Morgan fingerprint density at radius 2 is 0.480 bits per heavy atom. The summed E-state index contributed by atoms with van der Waals surface area (Å²) in [5.74, 6) is -0.916. The van der Waals surface area contributed by atoms with Gasteiger partial charge in [-0.15, -0.1) is 0 Å². The van der Waals surface area contributed by atoms with E-state index >= 15 is 0 Å². The molecule has 0 bridgehead atoms. The average Bonchev–Trinajstić information content (AvgIpc) is 3.41. The summed E-state index contributed by atoms with van der Waals surface area (Å²) in [6.07, 6.45) is 83.9. The normalized spacial score (nSPS) is 12.7. The molecular weight excluding hydrogens is 925 g/mol. The molecule has 0 aliphatic heterocycles. The quantitative estimate of drug-likeness (QED) is 0.0261. The summed E-state index contributed by atoms with van der Waals surface area (Å²) >= 11 is 0. The van der Waals surface area contributed by atoms with Crippen molar-refractivity contribution < 1.29 is 28.6 Å². The van der Waals surface area contributed by atoms with Gasteiger partial charge in [-0.25, -0.2) is 0 Å². The van der Waals surface area contributed by atoms with Crippen LogP contribution in [-0.4, -0.2) is 37.2 Å². The Labute approximate surface area is 464 Å². The highest BCUT2D eigenvalue weighted by Crippen LogP contribution is 2.15. The first kappa shape index (κ1) is 71.3. The Balaban J connectivity index is 4.45. The molecule has 0 aromatic rings. The van der Waals surface area contributed by atoms with Gasteiger partial charge in [-0.2, -0.15) is 0 Å². The second-order valence-electron chi connectivity index (χ2n) is 21.0. The fourth-order valence-corrected chi connectivity index (χ4v) is 8.72.